The quantitative estimate of drug-likeness (QED) is 0.693. The molecule has 0 saturated heterocycles. The van der Waals surface area contributed by atoms with Crippen molar-refractivity contribution in [3.8, 4) is 0 Å². The lowest BCUT2D eigenvalue weighted by molar-refractivity contribution is 1.43. The fourth-order valence-electron chi connectivity index (χ4n) is 1.56. The second-order valence-electron chi connectivity index (χ2n) is 2.97. The summed E-state index contributed by atoms with van der Waals surface area (Å²) in [5, 5.41) is 2.66. The maximum Gasteiger partial charge on any atom is 0.0171 e. The van der Waals surface area contributed by atoms with Crippen LogP contribution >= 0.6 is 22.6 Å². The molecule has 2 aromatic rings. The van der Waals surface area contributed by atoms with Gasteiger partial charge in [0, 0.05) is 3.57 Å². The Balaban J connectivity index is 2.84. The predicted octanol–water partition coefficient (Wildman–Crippen LogP) is 4.02. The van der Waals surface area contributed by atoms with Gasteiger partial charge in [-0.1, -0.05) is 37.3 Å². The van der Waals surface area contributed by atoms with Crippen molar-refractivity contribution >= 4 is 33.4 Å². The molecule has 0 amide bonds. The summed E-state index contributed by atoms with van der Waals surface area (Å²) in [4.78, 5) is 0. The molecular formula is C12H10I. The summed E-state index contributed by atoms with van der Waals surface area (Å²) >= 11 is 2.38. The molecule has 2 rings (SSSR count). The van der Waals surface area contributed by atoms with Crippen LogP contribution in [0.5, 0.6) is 0 Å². The highest BCUT2D eigenvalue weighted by Crippen LogP contribution is 2.24. The number of benzene rings is 2. The van der Waals surface area contributed by atoms with E-state index in [0.717, 1.165) is 0 Å². The Labute approximate surface area is 92.1 Å². The summed E-state index contributed by atoms with van der Waals surface area (Å²) in [6, 6.07) is 12.8. The van der Waals surface area contributed by atoms with Crippen LogP contribution in [-0.2, 0) is 0 Å². The van der Waals surface area contributed by atoms with Gasteiger partial charge in [-0.2, -0.15) is 0 Å². The van der Waals surface area contributed by atoms with Crippen molar-refractivity contribution in [3.05, 3.63) is 52.0 Å². The standard InChI is InChI=1S/C12H10I/c1-2-10-11-6-4-3-5-9(11)7-8-12(10)13/h2-8H,1H3. The van der Waals surface area contributed by atoms with Crippen molar-refractivity contribution in [1.82, 2.24) is 0 Å². The average molecular weight is 281 g/mol. The van der Waals surface area contributed by atoms with E-state index in [1.807, 2.05) is 0 Å². The van der Waals surface area contributed by atoms with E-state index in [0.29, 0.717) is 0 Å². The number of halogens is 1. The number of hydrogen-bond acceptors (Lipinski definition) is 0. The van der Waals surface area contributed by atoms with Gasteiger partial charge < -0.3 is 0 Å². The first-order chi connectivity index (χ1) is 6.33. The molecule has 13 heavy (non-hydrogen) atoms. The van der Waals surface area contributed by atoms with Gasteiger partial charge in [0.05, 0.1) is 0 Å². The first-order valence-electron chi connectivity index (χ1n) is 4.29. The van der Waals surface area contributed by atoms with E-state index in [9.17, 15) is 0 Å². The maximum absolute atomic E-state index is 2.38. The highest BCUT2D eigenvalue weighted by Gasteiger charge is 2.02. The summed E-state index contributed by atoms with van der Waals surface area (Å²) in [6.07, 6.45) is 2.17. The Morgan fingerprint density at radius 3 is 2.62 bits per heavy atom. The molecule has 0 bridgehead atoms. The zero-order valence-electron chi connectivity index (χ0n) is 7.42. The highest BCUT2D eigenvalue weighted by atomic mass is 127. The molecule has 1 heteroatoms. The van der Waals surface area contributed by atoms with Gasteiger partial charge in [-0.05, 0) is 51.4 Å². The van der Waals surface area contributed by atoms with E-state index in [4.69, 9.17) is 0 Å². The van der Waals surface area contributed by atoms with Crippen molar-refractivity contribution in [2.75, 3.05) is 0 Å². The van der Waals surface area contributed by atoms with Crippen molar-refractivity contribution in [3.63, 3.8) is 0 Å². The topological polar surface area (TPSA) is 0 Å². The Bertz CT molecular complexity index is 432. The minimum atomic E-state index is 1.32. The van der Waals surface area contributed by atoms with Crippen LogP contribution in [-0.4, -0.2) is 0 Å². The van der Waals surface area contributed by atoms with Gasteiger partial charge >= 0.3 is 0 Å². The van der Waals surface area contributed by atoms with Crippen LogP contribution in [0.4, 0.5) is 0 Å². The van der Waals surface area contributed by atoms with E-state index in [1.54, 1.807) is 0 Å². The van der Waals surface area contributed by atoms with Crippen LogP contribution in [0.2, 0.25) is 0 Å². The predicted molar refractivity (Wildman–Crippen MR) is 65.7 cm³/mol. The Morgan fingerprint density at radius 2 is 1.85 bits per heavy atom. The van der Waals surface area contributed by atoms with E-state index in [1.165, 1.54) is 19.9 Å². The normalized spacial score (nSPS) is 10.6. The van der Waals surface area contributed by atoms with Crippen molar-refractivity contribution in [1.29, 1.82) is 0 Å². The second-order valence-corrected chi connectivity index (χ2v) is 4.13. The zero-order valence-corrected chi connectivity index (χ0v) is 9.58. The minimum Gasteiger partial charge on any atom is -0.0616 e. The molecule has 65 valence electrons. The molecule has 0 heterocycles. The van der Waals surface area contributed by atoms with Crippen LogP contribution in [0.1, 0.15) is 12.5 Å². The number of hydrogen-bond donors (Lipinski definition) is 0. The summed E-state index contributed by atoms with van der Waals surface area (Å²) in [5.41, 5.74) is 1.35. The monoisotopic (exact) mass is 281 g/mol. The second kappa shape index (κ2) is 3.66. The van der Waals surface area contributed by atoms with Gasteiger partial charge in [0.25, 0.3) is 0 Å². The van der Waals surface area contributed by atoms with E-state index >= 15 is 0 Å². The summed E-state index contributed by atoms with van der Waals surface area (Å²) in [7, 11) is 0. The van der Waals surface area contributed by atoms with Crippen molar-refractivity contribution in [2.45, 2.75) is 6.92 Å². The van der Waals surface area contributed by atoms with Gasteiger partial charge in [0.2, 0.25) is 0 Å². The third kappa shape index (κ3) is 1.57. The molecule has 0 fully saturated rings. The first-order valence-corrected chi connectivity index (χ1v) is 5.37. The summed E-state index contributed by atoms with van der Waals surface area (Å²) in [6.45, 7) is 2.09. The lowest BCUT2D eigenvalue weighted by Gasteiger charge is -2.05. The fraction of sp³-hybridized carbons (Fsp3) is 0.0833. The summed E-state index contributed by atoms with van der Waals surface area (Å²) < 4.78 is 1.32. The van der Waals surface area contributed by atoms with E-state index in [2.05, 4.69) is 72.3 Å². The van der Waals surface area contributed by atoms with Crippen LogP contribution in [0.15, 0.2) is 36.4 Å². The summed E-state index contributed by atoms with van der Waals surface area (Å²) in [5.74, 6) is 0. The molecule has 0 unspecified atom stereocenters. The molecule has 0 saturated carbocycles. The molecule has 0 N–H and O–H groups in total. The van der Waals surface area contributed by atoms with E-state index < -0.39 is 0 Å². The van der Waals surface area contributed by atoms with E-state index in [-0.39, 0.29) is 0 Å². The Morgan fingerprint density at radius 1 is 1.08 bits per heavy atom. The highest BCUT2D eigenvalue weighted by molar-refractivity contribution is 14.1. The Hall–Kier alpha value is -0.570. The molecule has 0 atom stereocenters. The molecule has 0 aliphatic heterocycles. The molecule has 0 aromatic heterocycles. The van der Waals surface area contributed by atoms with Crippen molar-refractivity contribution < 1.29 is 0 Å². The average Bonchev–Trinajstić information content (AvgIpc) is 2.18. The van der Waals surface area contributed by atoms with Gasteiger partial charge in [-0.15, -0.1) is 0 Å². The lowest BCUT2D eigenvalue weighted by atomic mass is 10.0. The maximum atomic E-state index is 2.38. The van der Waals surface area contributed by atoms with Gasteiger partial charge in [-0.25, -0.2) is 0 Å². The Kier molecular flexibility index (Phi) is 2.54. The first kappa shape index (κ1) is 9.00. The molecule has 2 aromatic carbocycles. The van der Waals surface area contributed by atoms with Crippen LogP contribution < -0.4 is 0 Å². The number of rotatable bonds is 1. The number of fused-ring (bicyclic) bond motifs is 1. The van der Waals surface area contributed by atoms with Crippen LogP contribution in [0, 0.1) is 9.99 Å². The zero-order chi connectivity index (χ0) is 9.26. The minimum absolute atomic E-state index is 1.32. The molecule has 0 nitrogen and oxygen atoms in total. The van der Waals surface area contributed by atoms with Crippen LogP contribution in [0.3, 0.4) is 0 Å². The molecule has 0 spiro atoms. The molecule has 0 aliphatic rings. The smallest absolute Gasteiger partial charge is 0.0171 e. The molecular weight excluding hydrogens is 271 g/mol. The fourth-order valence-corrected chi connectivity index (χ4v) is 2.34. The van der Waals surface area contributed by atoms with Gasteiger partial charge in [0.1, 0.15) is 0 Å². The molecule has 0 aliphatic carbocycles. The largest absolute Gasteiger partial charge is 0.0616 e. The lowest BCUT2D eigenvalue weighted by Crippen LogP contribution is -1.86. The van der Waals surface area contributed by atoms with Crippen LogP contribution in [0.25, 0.3) is 10.8 Å². The van der Waals surface area contributed by atoms with Gasteiger partial charge in [0.15, 0.2) is 0 Å². The third-order valence-corrected chi connectivity index (χ3v) is 3.15. The SMILES string of the molecule is C[CH]c1c(I)ccc2ccccc12. The van der Waals surface area contributed by atoms with Gasteiger partial charge in [-0.3, -0.25) is 0 Å². The third-order valence-electron chi connectivity index (χ3n) is 2.21. The molecule has 1 radical (unpaired) electrons. The van der Waals surface area contributed by atoms with Crippen molar-refractivity contribution in [2.24, 2.45) is 0 Å².